The molecule has 1 fully saturated rings. The zero-order chi connectivity index (χ0) is 20.5. The van der Waals surface area contributed by atoms with Crippen molar-refractivity contribution >= 4 is 22.5 Å². The Bertz CT molecular complexity index is 1050. The van der Waals surface area contributed by atoms with Crippen molar-refractivity contribution in [1.29, 1.82) is 0 Å². The number of rotatable bonds is 4. The molecule has 3 aromatic rings. The second-order valence-electron chi connectivity index (χ2n) is 7.33. The number of hydrogen-bond donors (Lipinski definition) is 1. The number of piperidine rings is 1. The minimum atomic E-state index is 0.0211. The van der Waals surface area contributed by atoms with E-state index in [2.05, 4.69) is 5.10 Å². The molecule has 1 amide bonds. The molecule has 0 unspecified atom stereocenters. The number of aromatic nitrogens is 3. The van der Waals surface area contributed by atoms with Crippen LogP contribution in [0, 0.1) is 0 Å². The van der Waals surface area contributed by atoms with Gasteiger partial charge in [0.15, 0.2) is 11.5 Å². The van der Waals surface area contributed by atoms with E-state index in [1.807, 2.05) is 30.1 Å². The fourth-order valence-corrected chi connectivity index (χ4v) is 3.93. The first-order valence-electron chi connectivity index (χ1n) is 9.60. The molecule has 1 aliphatic heterocycles. The standard InChI is InChI=1S/C21H25N5O3/c1-25-12-15(11-23-25)21(27)26-6-4-13(5-7-26)20-16(22)8-14-9-18(28-2)19(29-3)10-17(14)24-20/h8-13H,4-7,22H2,1-3H3. The maximum absolute atomic E-state index is 12.6. The van der Waals surface area contributed by atoms with Gasteiger partial charge in [-0.15, -0.1) is 0 Å². The summed E-state index contributed by atoms with van der Waals surface area (Å²) >= 11 is 0. The lowest BCUT2D eigenvalue weighted by Crippen LogP contribution is -2.38. The molecule has 4 rings (SSSR count). The van der Waals surface area contributed by atoms with Gasteiger partial charge in [0.1, 0.15) is 0 Å². The van der Waals surface area contributed by atoms with Gasteiger partial charge in [0.25, 0.3) is 5.91 Å². The van der Waals surface area contributed by atoms with Crippen LogP contribution in [0.15, 0.2) is 30.6 Å². The first kappa shape index (κ1) is 19.0. The highest BCUT2D eigenvalue weighted by Gasteiger charge is 2.27. The molecule has 1 saturated heterocycles. The number of amides is 1. The van der Waals surface area contributed by atoms with Crippen molar-refractivity contribution in [2.75, 3.05) is 33.0 Å². The highest BCUT2D eigenvalue weighted by molar-refractivity contribution is 5.93. The maximum atomic E-state index is 12.6. The fourth-order valence-electron chi connectivity index (χ4n) is 3.93. The van der Waals surface area contributed by atoms with Crippen molar-refractivity contribution in [3.8, 4) is 11.5 Å². The number of methoxy groups -OCH3 is 2. The average molecular weight is 395 g/mol. The first-order chi connectivity index (χ1) is 14.0. The number of anilines is 1. The Labute approximate surface area is 169 Å². The van der Waals surface area contributed by atoms with E-state index in [1.165, 1.54) is 0 Å². The molecule has 29 heavy (non-hydrogen) atoms. The molecular weight excluding hydrogens is 370 g/mol. The minimum absolute atomic E-state index is 0.0211. The van der Waals surface area contributed by atoms with Gasteiger partial charge in [0, 0.05) is 43.7 Å². The van der Waals surface area contributed by atoms with Gasteiger partial charge in [-0.25, -0.2) is 0 Å². The van der Waals surface area contributed by atoms with Crippen molar-refractivity contribution in [3.05, 3.63) is 41.9 Å². The van der Waals surface area contributed by atoms with Gasteiger partial charge in [0.2, 0.25) is 0 Å². The Balaban J connectivity index is 1.54. The van der Waals surface area contributed by atoms with Gasteiger partial charge in [-0.05, 0) is 25.0 Å². The zero-order valence-electron chi connectivity index (χ0n) is 16.9. The van der Waals surface area contributed by atoms with E-state index >= 15 is 0 Å². The quantitative estimate of drug-likeness (QED) is 0.730. The highest BCUT2D eigenvalue weighted by atomic mass is 16.5. The predicted molar refractivity (Wildman–Crippen MR) is 110 cm³/mol. The van der Waals surface area contributed by atoms with Gasteiger partial charge >= 0.3 is 0 Å². The molecule has 1 aliphatic rings. The third-order valence-corrected chi connectivity index (χ3v) is 5.50. The Kier molecular flexibility index (Phi) is 5.00. The second kappa shape index (κ2) is 7.62. The fraction of sp³-hybridized carbons (Fsp3) is 0.381. The molecule has 0 saturated carbocycles. The Morgan fingerprint density at radius 2 is 1.83 bits per heavy atom. The molecule has 152 valence electrons. The molecule has 0 atom stereocenters. The molecule has 8 nitrogen and oxygen atoms in total. The average Bonchev–Trinajstić information content (AvgIpc) is 3.18. The van der Waals surface area contributed by atoms with Crippen LogP contribution >= 0.6 is 0 Å². The van der Waals surface area contributed by atoms with Crippen LogP contribution < -0.4 is 15.2 Å². The van der Waals surface area contributed by atoms with Crippen molar-refractivity contribution in [2.24, 2.45) is 7.05 Å². The SMILES string of the molecule is COc1cc2cc(N)c(C3CCN(C(=O)c4cnn(C)c4)CC3)nc2cc1OC. The van der Waals surface area contributed by atoms with Gasteiger partial charge in [-0.3, -0.25) is 14.5 Å². The highest BCUT2D eigenvalue weighted by Crippen LogP contribution is 2.36. The van der Waals surface area contributed by atoms with Gasteiger partial charge in [0.05, 0.1) is 42.9 Å². The summed E-state index contributed by atoms with van der Waals surface area (Å²) in [6.45, 7) is 1.34. The number of aryl methyl sites for hydroxylation is 1. The lowest BCUT2D eigenvalue weighted by atomic mass is 9.91. The summed E-state index contributed by atoms with van der Waals surface area (Å²) in [5, 5.41) is 5.00. The van der Waals surface area contributed by atoms with Crippen LogP contribution in [0.3, 0.4) is 0 Å². The predicted octanol–water partition coefficient (Wildman–Crippen LogP) is 2.59. The van der Waals surface area contributed by atoms with E-state index in [0.29, 0.717) is 35.8 Å². The van der Waals surface area contributed by atoms with Crippen LogP contribution in [0.1, 0.15) is 34.8 Å². The van der Waals surface area contributed by atoms with Crippen molar-refractivity contribution < 1.29 is 14.3 Å². The molecule has 1 aromatic carbocycles. The van der Waals surface area contributed by atoms with Crippen LogP contribution in [-0.4, -0.2) is 52.9 Å². The molecule has 3 heterocycles. The molecule has 0 radical (unpaired) electrons. The lowest BCUT2D eigenvalue weighted by molar-refractivity contribution is 0.0712. The van der Waals surface area contributed by atoms with E-state index in [-0.39, 0.29) is 11.8 Å². The van der Waals surface area contributed by atoms with Crippen LogP contribution in [0.2, 0.25) is 0 Å². The molecule has 8 heteroatoms. The summed E-state index contributed by atoms with van der Waals surface area (Å²) in [7, 11) is 5.02. The zero-order valence-corrected chi connectivity index (χ0v) is 16.9. The van der Waals surface area contributed by atoms with Crippen molar-refractivity contribution in [2.45, 2.75) is 18.8 Å². The summed E-state index contributed by atoms with van der Waals surface area (Å²) < 4.78 is 12.4. The van der Waals surface area contributed by atoms with Crippen molar-refractivity contribution in [3.63, 3.8) is 0 Å². The third kappa shape index (κ3) is 3.57. The first-order valence-corrected chi connectivity index (χ1v) is 9.60. The number of pyridine rings is 1. The number of likely N-dealkylation sites (tertiary alicyclic amines) is 1. The number of nitrogen functional groups attached to an aromatic ring is 1. The number of ether oxygens (including phenoxy) is 2. The van der Waals surface area contributed by atoms with Crippen molar-refractivity contribution in [1.82, 2.24) is 19.7 Å². The van der Waals surface area contributed by atoms with Gasteiger partial charge in [-0.2, -0.15) is 5.10 Å². The molecule has 2 aromatic heterocycles. The van der Waals surface area contributed by atoms with E-state index in [9.17, 15) is 4.79 Å². The molecule has 2 N–H and O–H groups in total. The molecule has 0 spiro atoms. The Morgan fingerprint density at radius 3 is 2.45 bits per heavy atom. The normalized spacial score (nSPS) is 14.9. The Hall–Kier alpha value is -3.29. The summed E-state index contributed by atoms with van der Waals surface area (Å²) in [5.41, 5.74) is 9.34. The number of fused-ring (bicyclic) bond motifs is 1. The summed E-state index contributed by atoms with van der Waals surface area (Å²) in [6.07, 6.45) is 5.00. The maximum Gasteiger partial charge on any atom is 0.257 e. The van der Waals surface area contributed by atoms with Crippen LogP contribution in [0.25, 0.3) is 10.9 Å². The number of benzene rings is 1. The van der Waals surface area contributed by atoms with Gasteiger partial charge in [-0.1, -0.05) is 0 Å². The van der Waals surface area contributed by atoms with E-state index < -0.39 is 0 Å². The monoisotopic (exact) mass is 395 g/mol. The topological polar surface area (TPSA) is 95.5 Å². The van der Waals surface area contributed by atoms with Crippen LogP contribution in [0.5, 0.6) is 11.5 Å². The number of nitrogens with two attached hydrogens (primary N) is 1. The van der Waals surface area contributed by atoms with E-state index in [0.717, 1.165) is 29.4 Å². The number of carbonyl (C=O) groups is 1. The number of nitrogens with zero attached hydrogens (tertiary/aromatic N) is 4. The summed E-state index contributed by atoms with van der Waals surface area (Å²) in [4.78, 5) is 19.3. The third-order valence-electron chi connectivity index (χ3n) is 5.50. The van der Waals surface area contributed by atoms with E-state index in [1.54, 1.807) is 31.3 Å². The molecule has 0 aliphatic carbocycles. The van der Waals surface area contributed by atoms with Crippen LogP contribution in [0.4, 0.5) is 5.69 Å². The largest absolute Gasteiger partial charge is 0.493 e. The summed E-state index contributed by atoms with van der Waals surface area (Å²) in [6, 6.07) is 5.70. The summed E-state index contributed by atoms with van der Waals surface area (Å²) in [5.74, 6) is 1.52. The molecular formula is C21H25N5O3. The van der Waals surface area contributed by atoms with Crippen LogP contribution in [-0.2, 0) is 7.05 Å². The lowest BCUT2D eigenvalue weighted by Gasteiger charge is -2.32. The smallest absolute Gasteiger partial charge is 0.257 e. The number of carbonyl (C=O) groups excluding carboxylic acids is 1. The molecule has 0 bridgehead atoms. The minimum Gasteiger partial charge on any atom is -0.493 e. The second-order valence-corrected chi connectivity index (χ2v) is 7.33. The Morgan fingerprint density at radius 1 is 1.14 bits per heavy atom. The van der Waals surface area contributed by atoms with Gasteiger partial charge < -0.3 is 20.1 Å². The number of hydrogen-bond acceptors (Lipinski definition) is 6. The van der Waals surface area contributed by atoms with E-state index in [4.69, 9.17) is 20.2 Å².